The minimum absolute atomic E-state index is 0.0378. The third-order valence-electron chi connectivity index (χ3n) is 4.05. The van der Waals surface area contributed by atoms with E-state index in [1.165, 1.54) is 37.4 Å². The Kier molecular flexibility index (Phi) is 5.30. The zero-order chi connectivity index (χ0) is 19.4. The summed E-state index contributed by atoms with van der Waals surface area (Å²) in [6.45, 7) is 1.84. The van der Waals surface area contributed by atoms with Crippen molar-refractivity contribution >= 4 is 5.91 Å². The largest absolute Gasteiger partial charge is 0.494 e. The lowest BCUT2D eigenvalue weighted by molar-refractivity contribution is 0.0929. The average molecular weight is 367 g/mol. The lowest BCUT2D eigenvalue weighted by Crippen LogP contribution is -2.31. The topological polar surface area (TPSA) is 73.2 Å². The zero-order valence-corrected chi connectivity index (χ0v) is 14.8. The van der Waals surface area contributed by atoms with Crippen molar-refractivity contribution < 1.29 is 13.9 Å². The number of ether oxygens (including phenoxy) is 1. The Hall–Kier alpha value is -3.48. The van der Waals surface area contributed by atoms with Crippen molar-refractivity contribution in [1.29, 1.82) is 0 Å². The first-order valence-corrected chi connectivity index (χ1v) is 8.29. The number of rotatable bonds is 5. The number of benzene rings is 2. The minimum Gasteiger partial charge on any atom is -0.494 e. The van der Waals surface area contributed by atoms with E-state index in [-0.39, 0.29) is 17.5 Å². The van der Waals surface area contributed by atoms with Crippen molar-refractivity contribution in [3.05, 3.63) is 88.1 Å². The van der Waals surface area contributed by atoms with E-state index in [0.717, 1.165) is 10.2 Å². The molecule has 0 spiro atoms. The van der Waals surface area contributed by atoms with Gasteiger partial charge in [-0.3, -0.25) is 9.59 Å². The van der Waals surface area contributed by atoms with Crippen LogP contribution in [0, 0.1) is 5.82 Å². The van der Waals surface area contributed by atoms with E-state index in [1.807, 2.05) is 37.3 Å². The van der Waals surface area contributed by atoms with E-state index < -0.39 is 17.3 Å². The van der Waals surface area contributed by atoms with Crippen LogP contribution in [0.15, 0.2) is 65.5 Å². The Morgan fingerprint density at radius 1 is 1.15 bits per heavy atom. The minimum atomic E-state index is -0.494. The highest BCUT2D eigenvalue weighted by Gasteiger charge is 2.20. The molecule has 2 aromatic carbocycles. The van der Waals surface area contributed by atoms with E-state index in [1.54, 1.807) is 0 Å². The van der Waals surface area contributed by atoms with E-state index in [4.69, 9.17) is 4.74 Å². The molecule has 1 amide bonds. The summed E-state index contributed by atoms with van der Waals surface area (Å²) in [6, 6.07) is 15.6. The van der Waals surface area contributed by atoms with Gasteiger partial charge in [0.25, 0.3) is 11.5 Å². The fourth-order valence-electron chi connectivity index (χ4n) is 2.61. The van der Waals surface area contributed by atoms with E-state index in [9.17, 15) is 14.0 Å². The van der Waals surface area contributed by atoms with Crippen LogP contribution in [0.4, 0.5) is 4.39 Å². The number of methoxy groups -OCH3 is 1. The molecule has 6 nitrogen and oxygen atoms in total. The Labute approximate surface area is 155 Å². The van der Waals surface area contributed by atoms with Gasteiger partial charge in [-0.05, 0) is 36.8 Å². The van der Waals surface area contributed by atoms with Gasteiger partial charge in [-0.1, -0.05) is 30.3 Å². The monoisotopic (exact) mass is 367 g/mol. The molecule has 0 unspecified atom stereocenters. The van der Waals surface area contributed by atoms with Crippen LogP contribution in [-0.2, 0) is 0 Å². The van der Waals surface area contributed by atoms with E-state index in [2.05, 4.69) is 10.4 Å². The number of hydrogen-bond acceptors (Lipinski definition) is 4. The molecule has 7 heteroatoms. The third-order valence-corrected chi connectivity index (χ3v) is 4.05. The standard InChI is InChI=1S/C20H18FN3O3/c1-13(14-6-4-3-5-7-14)22-20(26)19-17(27-2)12-18(25)24(23-19)16-10-8-15(21)9-11-16/h3-13H,1-2H3,(H,22,26)/t13-/m0/s1. The maximum atomic E-state index is 13.1. The van der Waals surface area contributed by atoms with Crippen LogP contribution in [0.1, 0.15) is 29.0 Å². The maximum absolute atomic E-state index is 13.1. The van der Waals surface area contributed by atoms with Gasteiger partial charge in [-0.25, -0.2) is 4.39 Å². The highest BCUT2D eigenvalue weighted by Crippen LogP contribution is 2.17. The predicted octanol–water partition coefficient (Wildman–Crippen LogP) is 2.87. The predicted molar refractivity (Wildman–Crippen MR) is 98.7 cm³/mol. The molecule has 1 N–H and O–H groups in total. The molecule has 0 aliphatic heterocycles. The van der Waals surface area contributed by atoms with Gasteiger partial charge in [-0.15, -0.1) is 0 Å². The first-order valence-electron chi connectivity index (χ1n) is 8.29. The summed E-state index contributed by atoms with van der Waals surface area (Å²) in [5.74, 6) is -0.856. The number of hydrogen-bond donors (Lipinski definition) is 1. The van der Waals surface area contributed by atoms with Gasteiger partial charge in [-0.2, -0.15) is 9.78 Å². The number of nitrogens with zero attached hydrogens (tertiary/aromatic N) is 2. The molecule has 138 valence electrons. The molecule has 27 heavy (non-hydrogen) atoms. The summed E-state index contributed by atoms with van der Waals surface area (Å²) in [5.41, 5.74) is 0.737. The van der Waals surface area contributed by atoms with Crippen molar-refractivity contribution in [3.8, 4) is 11.4 Å². The first-order chi connectivity index (χ1) is 13.0. The van der Waals surface area contributed by atoms with Crippen LogP contribution in [0.2, 0.25) is 0 Å². The Morgan fingerprint density at radius 3 is 2.44 bits per heavy atom. The maximum Gasteiger partial charge on any atom is 0.276 e. The molecule has 3 rings (SSSR count). The smallest absolute Gasteiger partial charge is 0.276 e. The van der Waals surface area contributed by atoms with Crippen LogP contribution >= 0.6 is 0 Å². The lowest BCUT2D eigenvalue weighted by atomic mass is 10.1. The van der Waals surface area contributed by atoms with Crippen LogP contribution in [0.25, 0.3) is 5.69 Å². The summed E-state index contributed by atoms with van der Waals surface area (Å²) in [5, 5.41) is 6.97. The summed E-state index contributed by atoms with van der Waals surface area (Å²) >= 11 is 0. The van der Waals surface area contributed by atoms with Gasteiger partial charge >= 0.3 is 0 Å². The molecule has 0 bridgehead atoms. The van der Waals surface area contributed by atoms with Crippen molar-refractivity contribution in [2.75, 3.05) is 7.11 Å². The van der Waals surface area contributed by atoms with Crippen molar-refractivity contribution in [3.63, 3.8) is 0 Å². The average Bonchev–Trinajstić information content (AvgIpc) is 2.69. The van der Waals surface area contributed by atoms with E-state index >= 15 is 0 Å². The molecular weight excluding hydrogens is 349 g/mol. The van der Waals surface area contributed by atoms with Crippen LogP contribution in [0.5, 0.6) is 5.75 Å². The van der Waals surface area contributed by atoms with Gasteiger partial charge in [0.15, 0.2) is 11.4 Å². The number of nitrogens with one attached hydrogen (secondary N) is 1. The van der Waals surface area contributed by atoms with Gasteiger partial charge < -0.3 is 10.1 Å². The van der Waals surface area contributed by atoms with Gasteiger partial charge in [0.1, 0.15) is 5.82 Å². The highest BCUT2D eigenvalue weighted by atomic mass is 19.1. The molecule has 1 aromatic heterocycles. The second kappa shape index (κ2) is 7.82. The van der Waals surface area contributed by atoms with Gasteiger partial charge in [0.05, 0.1) is 24.9 Å². The Bertz CT molecular complexity index is 1000. The van der Waals surface area contributed by atoms with Crippen LogP contribution in [-0.4, -0.2) is 22.8 Å². The molecule has 0 saturated carbocycles. The fourth-order valence-corrected chi connectivity index (χ4v) is 2.61. The molecule has 0 radical (unpaired) electrons. The molecule has 0 aliphatic carbocycles. The summed E-state index contributed by atoms with van der Waals surface area (Å²) in [4.78, 5) is 25.0. The summed E-state index contributed by atoms with van der Waals surface area (Å²) < 4.78 is 19.3. The Balaban J connectivity index is 1.96. The van der Waals surface area contributed by atoms with Gasteiger partial charge in [0.2, 0.25) is 0 Å². The lowest BCUT2D eigenvalue weighted by Gasteiger charge is -2.16. The van der Waals surface area contributed by atoms with E-state index in [0.29, 0.717) is 5.69 Å². The van der Waals surface area contributed by atoms with Crippen LogP contribution in [0.3, 0.4) is 0 Å². The SMILES string of the molecule is COc1cc(=O)n(-c2ccc(F)cc2)nc1C(=O)N[C@@H](C)c1ccccc1. The number of amides is 1. The molecule has 0 aliphatic rings. The molecule has 0 fully saturated rings. The molecular formula is C20H18FN3O3. The van der Waals surface area contributed by atoms with Crippen molar-refractivity contribution in [2.24, 2.45) is 0 Å². The normalized spacial score (nSPS) is 11.7. The third kappa shape index (κ3) is 4.03. The number of carbonyl (C=O) groups excluding carboxylic acids is 1. The summed E-state index contributed by atoms with van der Waals surface area (Å²) in [6.07, 6.45) is 0. The van der Waals surface area contributed by atoms with Crippen molar-refractivity contribution in [2.45, 2.75) is 13.0 Å². The quantitative estimate of drug-likeness (QED) is 0.753. The molecule has 3 aromatic rings. The molecule has 0 saturated heterocycles. The zero-order valence-electron chi connectivity index (χ0n) is 14.8. The number of halogens is 1. The Morgan fingerprint density at radius 2 is 1.81 bits per heavy atom. The molecule has 1 heterocycles. The highest BCUT2D eigenvalue weighted by molar-refractivity contribution is 5.95. The second-order valence-electron chi connectivity index (χ2n) is 5.89. The number of aromatic nitrogens is 2. The van der Waals surface area contributed by atoms with Gasteiger partial charge in [0, 0.05) is 0 Å². The fraction of sp³-hybridized carbons (Fsp3) is 0.150. The van der Waals surface area contributed by atoms with Crippen molar-refractivity contribution in [1.82, 2.24) is 15.1 Å². The summed E-state index contributed by atoms with van der Waals surface area (Å²) in [7, 11) is 1.36. The second-order valence-corrected chi connectivity index (χ2v) is 5.89. The first kappa shape index (κ1) is 18.3. The van der Waals surface area contributed by atoms with Crippen LogP contribution < -0.4 is 15.6 Å². The molecule has 1 atom stereocenters. The number of carbonyl (C=O) groups is 1.